The van der Waals surface area contributed by atoms with Gasteiger partial charge in [0.1, 0.15) is 5.58 Å². The summed E-state index contributed by atoms with van der Waals surface area (Å²) in [6.07, 6.45) is -4.54. The van der Waals surface area contributed by atoms with E-state index >= 15 is 0 Å². The first kappa shape index (κ1) is 16.7. The number of carbonyl (C=O) groups excluding carboxylic acids is 1. The molecule has 0 fully saturated rings. The molecule has 0 bridgehead atoms. The summed E-state index contributed by atoms with van der Waals surface area (Å²) >= 11 is 11.7. The molecule has 1 aromatic heterocycles. The van der Waals surface area contributed by atoms with Crippen molar-refractivity contribution in [2.45, 2.75) is 6.18 Å². The highest BCUT2D eigenvalue weighted by molar-refractivity contribution is 6.34. The Morgan fingerprint density at radius 2 is 1.79 bits per heavy atom. The number of rotatable bonds is 2. The number of alkyl halides is 3. The molecule has 124 valence electrons. The summed E-state index contributed by atoms with van der Waals surface area (Å²) < 4.78 is 43.6. The van der Waals surface area contributed by atoms with Crippen molar-refractivity contribution in [3.05, 3.63) is 63.8 Å². The van der Waals surface area contributed by atoms with Crippen LogP contribution in [0.5, 0.6) is 0 Å². The highest BCUT2D eigenvalue weighted by Crippen LogP contribution is 2.34. The minimum atomic E-state index is -4.54. The molecule has 0 aliphatic heterocycles. The van der Waals surface area contributed by atoms with Gasteiger partial charge in [-0.15, -0.1) is 0 Å². The van der Waals surface area contributed by atoms with Crippen molar-refractivity contribution in [1.29, 1.82) is 0 Å². The Bertz CT molecular complexity index is 935. The molecule has 3 nitrogen and oxygen atoms in total. The van der Waals surface area contributed by atoms with Crippen LogP contribution in [0, 0.1) is 0 Å². The Hall–Kier alpha value is -2.18. The van der Waals surface area contributed by atoms with Crippen LogP contribution in [-0.4, -0.2) is 5.91 Å². The molecule has 0 saturated heterocycles. The normalized spacial score (nSPS) is 11.7. The molecule has 3 aromatic rings. The van der Waals surface area contributed by atoms with Crippen molar-refractivity contribution in [2.24, 2.45) is 0 Å². The van der Waals surface area contributed by atoms with Gasteiger partial charge >= 0.3 is 6.18 Å². The van der Waals surface area contributed by atoms with E-state index in [-0.39, 0.29) is 16.5 Å². The minimum absolute atomic E-state index is 0.0181. The predicted octanol–water partition coefficient (Wildman–Crippen LogP) is 6.01. The van der Waals surface area contributed by atoms with E-state index in [9.17, 15) is 18.0 Å². The van der Waals surface area contributed by atoms with Crippen LogP contribution in [0.4, 0.5) is 18.9 Å². The summed E-state index contributed by atoms with van der Waals surface area (Å²) in [6, 6.07) is 8.90. The predicted molar refractivity (Wildman–Crippen MR) is 85.6 cm³/mol. The van der Waals surface area contributed by atoms with Gasteiger partial charge in [-0.2, -0.15) is 13.2 Å². The largest absolute Gasteiger partial charge is 0.451 e. The van der Waals surface area contributed by atoms with E-state index in [1.54, 1.807) is 18.2 Å². The fraction of sp³-hybridized carbons (Fsp3) is 0.0625. The number of amides is 1. The molecule has 8 heteroatoms. The lowest BCUT2D eigenvalue weighted by molar-refractivity contribution is -0.137. The van der Waals surface area contributed by atoms with E-state index in [4.69, 9.17) is 27.6 Å². The second-order valence-corrected chi connectivity index (χ2v) is 5.78. The summed E-state index contributed by atoms with van der Waals surface area (Å²) in [6.45, 7) is 0. The highest BCUT2D eigenvalue weighted by Gasteiger charge is 2.31. The first-order chi connectivity index (χ1) is 11.2. The second-order valence-electron chi connectivity index (χ2n) is 4.94. The molecule has 0 radical (unpaired) electrons. The van der Waals surface area contributed by atoms with Crippen LogP contribution in [0.15, 0.2) is 46.9 Å². The van der Waals surface area contributed by atoms with Crippen molar-refractivity contribution in [3.8, 4) is 0 Å². The molecule has 0 aliphatic carbocycles. The summed E-state index contributed by atoms with van der Waals surface area (Å²) in [5, 5.41) is 3.37. The molecule has 2 aromatic carbocycles. The fourth-order valence-corrected chi connectivity index (χ4v) is 2.45. The number of halogens is 5. The van der Waals surface area contributed by atoms with Gasteiger partial charge in [-0.25, -0.2) is 0 Å². The molecule has 24 heavy (non-hydrogen) atoms. The Labute approximate surface area is 144 Å². The number of hydrogen-bond acceptors (Lipinski definition) is 2. The Balaban J connectivity index is 1.91. The molecule has 0 atom stereocenters. The van der Waals surface area contributed by atoms with E-state index in [0.717, 1.165) is 18.2 Å². The summed E-state index contributed by atoms with van der Waals surface area (Å²) in [7, 11) is 0. The second kappa shape index (κ2) is 6.03. The summed E-state index contributed by atoms with van der Waals surface area (Å²) in [5.74, 6) is -0.788. The fourth-order valence-electron chi connectivity index (χ4n) is 2.11. The molecular weight excluding hydrogens is 366 g/mol. The third kappa shape index (κ3) is 3.34. The van der Waals surface area contributed by atoms with Crippen LogP contribution in [0.1, 0.15) is 16.1 Å². The van der Waals surface area contributed by atoms with Crippen molar-refractivity contribution in [2.75, 3.05) is 5.32 Å². The van der Waals surface area contributed by atoms with Gasteiger partial charge in [-0.3, -0.25) is 4.79 Å². The molecule has 1 amide bonds. The monoisotopic (exact) mass is 373 g/mol. The van der Waals surface area contributed by atoms with Crippen molar-refractivity contribution in [3.63, 3.8) is 0 Å². The van der Waals surface area contributed by atoms with Crippen LogP contribution in [0.25, 0.3) is 11.0 Å². The quantitative estimate of drug-likeness (QED) is 0.597. The molecule has 3 rings (SSSR count). The molecule has 0 aliphatic rings. The molecule has 0 spiro atoms. The molecule has 0 unspecified atom stereocenters. The first-order valence-electron chi connectivity index (χ1n) is 6.61. The Morgan fingerprint density at radius 1 is 1.04 bits per heavy atom. The number of fused-ring (bicyclic) bond motifs is 1. The molecule has 1 N–H and O–H groups in total. The zero-order valence-corrected chi connectivity index (χ0v) is 13.3. The third-order valence-electron chi connectivity index (χ3n) is 3.24. The number of anilines is 1. The van der Waals surface area contributed by atoms with Crippen molar-refractivity contribution < 1.29 is 22.4 Å². The van der Waals surface area contributed by atoms with E-state index in [2.05, 4.69) is 5.32 Å². The van der Waals surface area contributed by atoms with Gasteiger partial charge in [0.15, 0.2) is 5.76 Å². The lowest BCUT2D eigenvalue weighted by Crippen LogP contribution is -2.13. The maximum atomic E-state index is 12.8. The van der Waals surface area contributed by atoms with Gasteiger partial charge in [-0.05, 0) is 42.5 Å². The smallest absolute Gasteiger partial charge is 0.416 e. The van der Waals surface area contributed by atoms with Crippen molar-refractivity contribution in [1.82, 2.24) is 0 Å². The van der Waals surface area contributed by atoms with Gasteiger partial charge in [0.05, 0.1) is 16.3 Å². The van der Waals surface area contributed by atoms with Crippen molar-refractivity contribution >= 4 is 45.8 Å². The number of furan rings is 1. The van der Waals surface area contributed by atoms with Crippen LogP contribution >= 0.6 is 23.2 Å². The standard InChI is InChI=1S/C16H8Cl2F3NO2/c17-10-2-4-13-8(5-10)6-14(24-13)15(23)22-12-7-9(16(19,20)21)1-3-11(12)18/h1-7H,(H,22,23). The average Bonchev–Trinajstić information content (AvgIpc) is 2.91. The number of nitrogens with one attached hydrogen (secondary N) is 1. The van der Waals surface area contributed by atoms with E-state index in [1.165, 1.54) is 6.07 Å². The summed E-state index contributed by atoms with van der Waals surface area (Å²) in [5.41, 5.74) is -0.645. The molecule has 1 heterocycles. The Kier molecular flexibility index (Phi) is 4.19. The molecule has 0 saturated carbocycles. The third-order valence-corrected chi connectivity index (χ3v) is 3.81. The van der Waals surface area contributed by atoms with Crippen LogP contribution in [0.2, 0.25) is 10.0 Å². The first-order valence-corrected chi connectivity index (χ1v) is 7.37. The van der Waals surface area contributed by atoms with E-state index in [0.29, 0.717) is 16.0 Å². The number of hydrogen-bond donors (Lipinski definition) is 1. The van der Waals surface area contributed by atoms with Gasteiger partial charge in [0.25, 0.3) is 5.91 Å². The zero-order valence-electron chi connectivity index (χ0n) is 11.7. The number of carbonyl (C=O) groups is 1. The summed E-state index contributed by atoms with van der Waals surface area (Å²) in [4.78, 5) is 12.2. The van der Waals surface area contributed by atoms with E-state index < -0.39 is 17.6 Å². The van der Waals surface area contributed by atoms with E-state index in [1.807, 2.05) is 0 Å². The van der Waals surface area contributed by atoms with Crippen LogP contribution < -0.4 is 5.32 Å². The maximum Gasteiger partial charge on any atom is 0.416 e. The van der Waals surface area contributed by atoms with Crippen LogP contribution in [0.3, 0.4) is 0 Å². The zero-order chi connectivity index (χ0) is 17.5. The molecular formula is C16H8Cl2F3NO2. The minimum Gasteiger partial charge on any atom is -0.451 e. The topological polar surface area (TPSA) is 42.2 Å². The van der Waals surface area contributed by atoms with Gasteiger partial charge in [0.2, 0.25) is 0 Å². The lowest BCUT2D eigenvalue weighted by Gasteiger charge is -2.10. The number of benzene rings is 2. The van der Waals surface area contributed by atoms with Gasteiger partial charge < -0.3 is 9.73 Å². The maximum absolute atomic E-state index is 12.8. The average molecular weight is 374 g/mol. The Morgan fingerprint density at radius 3 is 2.50 bits per heavy atom. The SMILES string of the molecule is O=C(Nc1cc(C(F)(F)F)ccc1Cl)c1cc2cc(Cl)ccc2o1. The van der Waals surface area contributed by atoms with Gasteiger partial charge in [0, 0.05) is 10.4 Å². The van der Waals surface area contributed by atoms with Crippen LogP contribution in [-0.2, 0) is 6.18 Å². The lowest BCUT2D eigenvalue weighted by atomic mass is 10.2. The van der Waals surface area contributed by atoms with Gasteiger partial charge in [-0.1, -0.05) is 23.2 Å². The highest BCUT2D eigenvalue weighted by atomic mass is 35.5.